The second kappa shape index (κ2) is 8.89. The second-order valence-electron chi connectivity index (χ2n) is 9.10. The maximum absolute atomic E-state index is 12.8. The van der Waals surface area contributed by atoms with Crippen LogP contribution in [0.3, 0.4) is 0 Å². The third kappa shape index (κ3) is 3.66. The summed E-state index contributed by atoms with van der Waals surface area (Å²) in [5.74, 6) is -1.22. The molecule has 3 heterocycles. The molecule has 2 aromatic carbocycles. The van der Waals surface area contributed by atoms with Crippen molar-refractivity contribution in [1.29, 1.82) is 0 Å². The lowest BCUT2D eigenvalue weighted by atomic mass is 9.84. The number of likely N-dealkylation sites (N-methyl/N-ethyl adjacent to an activating group) is 1. The molecule has 10 heteroatoms. The second-order valence-corrected chi connectivity index (χ2v) is 9.10. The van der Waals surface area contributed by atoms with Crippen molar-refractivity contribution < 1.29 is 24.5 Å². The van der Waals surface area contributed by atoms with E-state index in [-0.39, 0.29) is 24.1 Å². The fraction of sp³-hybridized carbons (Fsp3) is 0.308. The van der Waals surface area contributed by atoms with Gasteiger partial charge in [-0.25, -0.2) is 9.48 Å². The van der Waals surface area contributed by atoms with Gasteiger partial charge in [0.1, 0.15) is 0 Å². The first-order valence-electron chi connectivity index (χ1n) is 11.6. The molecule has 10 nitrogen and oxygen atoms in total. The number of nitrogens with zero attached hydrogens (tertiary/aromatic N) is 5. The summed E-state index contributed by atoms with van der Waals surface area (Å²) in [6.07, 6.45) is 3.51. The first-order valence-corrected chi connectivity index (χ1v) is 11.6. The molecule has 0 saturated carbocycles. The van der Waals surface area contributed by atoms with Crippen LogP contribution < -0.4 is 0 Å². The summed E-state index contributed by atoms with van der Waals surface area (Å²) in [6.45, 7) is 2.66. The molecule has 1 unspecified atom stereocenters. The van der Waals surface area contributed by atoms with Gasteiger partial charge in [0.2, 0.25) is 0 Å². The lowest BCUT2D eigenvalue weighted by Gasteiger charge is -2.25. The van der Waals surface area contributed by atoms with Crippen molar-refractivity contribution in [3.63, 3.8) is 0 Å². The van der Waals surface area contributed by atoms with Crippen molar-refractivity contribution >= 4 is 22.8 Å². The third-order valence-electron chi connectivity index (χ3n) is 6.82. The van der Waals surface area contributed by atoms with Gasteiger partial charge in [0, 0.05) is 36.7 Å². The Hall–Kier alpha value is -4.02. The number of benzene rings is 2. The summed E-state index contributed by atoms with van der Waals surface area (Å²) in [4.78, 5) is 27.0. The fourth-order valence-corrected chi connectivity index (χ4v) is 4.89. The van der Waals surface area contributed by atoms with Gasteiger partial charge in [-0.15, -0.1) is 0 Å². The number of carbonyl (C=O) groups is 2. The van der Waals surface area contributed by atoms with Gasteiger partial charge in [-0.2, -0.15) is 10.2 Å². The lowest BCUT2D eigenvalue weighted by Crippen LogP contribution is -2.39. The molecule has 2 atom stereocenters. The molecule has 1 aliphatic heterocycles. The zero-order valence-electron chi connectivity index (χ0n) is 20.3. The summed E-state index contributed by atoms with van der Waals surface area (Å²) in [5.41, 5.74) is 1.89. The molecule has 2 aromatic heterocycles. The van der Waals surface area contributed by atoms with Gasteiger partial charge in [-0.05, 0) is 35.4 Å². The van der Waals surface area contributed by atoms with Crippen LogP contribution >= 0.6 is 0 Å². The monoisotopic (exact) mass is 489 g/mol. The van der Waals surface area contributed by atoms with Crippen LogP contribution in [-0.4, -0.2) is 73.9 Å². The molecule has 0 aliphatic carbocycles. The number of aliphatic hydroxyl groups excluding tert-OH is 1. The molecule has 0 bridgehead atoms. The maximum atomic E-state index is 12.8. The molecular weight excluding hydrogens is 462 g/mol. The van der Waals surface area contributed by atoms with Gasteiger partial charge in [0.05, 0.1) is 37.7 Å². The average molecular weight is 490 g/mol. The number of methoxy groups -OCH3 is 1. The zero-order chi connectivity index (χ0) is 25.6. The Bertz CT molecular complexity index is 1470. The van der Waals surface area contributed by atoms with E-state index in [0.717, 1.165) is 11.1 Å². The number of aliphatic hydroxyl groups is 2. The lowest BCUT2D eigenvalue weighted by molar-refractivity contribution is -0.145. The van der Waals surface area contributed by atoms with E-state index in [1.54, 1.807) is 46.9 Å². The van der Waals surface area contributed by atoms with E-state index >= 15 is 0 Å². The topological polar surface area (TPSA) is 123 Å². The summed E-state index contributed by atoms with van der Waals surface area (Å²) >= 11 is 0. The summed E-state index contributed by atoms with van der Waals surface area (Å²) in [6, 6.07) is 12.6. The quantitative estimate of drug-likeness (QED) is 0.397. The number of rotatable bonds is 6. The van der Waals surface area contributed by atoms with Crippen LogP contribution in [0.5, 0.6) is 0 Å². The Morgan fingerprint density at radius 3 is 2.72 bits per heavy atom. The molecule has 0 spiro atoms. The first-order chi connectivity index (χ1) is 17.3. The van der Waals surface area contributed by atoms with Gasteiger partial charge in [-0.3, -0.25) is 9.48 Å². The number of ether oxygens (including phenoxy) is 1. The highest BCUT2D eigenvalue weighted by Crippen LogP contribution is 2.38. The Labute approximate surface area is 207 Å². The number of aromatic nitrogens is 4. The largest absolute Gasteiger partial charge is 0.464 e. The number of carbonyl (C=O) groups excluding carboxylic acids is 2. The SMILES string of the molecule is COC(=O)c1nn(-c2cccc([C@@]3(O)C(=O)N(C)CC3C)c2)c2ccc(-c3cnn(CCO)c3)cc12. The van der Waals surface area contributed by atoms with Crippen LogP contribution in [0.1, 0.15) is 23.0 Å². The summed E-state index contributed by atoms with van der Waals surface area (Å²) in [5, 5.41) is 29.9. The van der Waals surface area contributed by atoms with Crippen LogP contribution in [0.25, 0.3) is 27.7 Å². The summed E-state index contributed by atoms with van der Waals surface area (Å²) in [7, 11) is 2.98. The van der Waals surface area contributed by atoms with E-state index in [9.17, 15) is 14.7 Å². The van der Waals surface area contributed by atoms with Gasteiger partial charge >= 0.3 is 5.97 Å². The average Bonchev–Trinajstić information content (AvgIpc) is 3.56. The smallest absolute Gasteiger partial charge is 0.359 e. The Morgan fingerprint density at radius 1 is 1.22 bits per heavy atom. The molecule has 0 radical (unpaired) electrons. The van der Waals surface area contributed by atoms with Crippen molar-refractivity contribution in [2.75, 3.05) is 27.3 Å². The van der Waals surface area contributed by atoms with Crippen molar-refractivity contribution in [3.8, 4) is 16.8 Å². The predicted molar refractivity (Wildman–Crippen MR) is 131 cm³/mol. The van der Waals surface area contributed by atoms with E-state index in [2.05, 4.69) is 10.2 Å². The van der Waals surface area contributed by atoms with Crippen molar-refractivity contribution in [3.05, 3.63) is 66.1 Å². The van der Waals surface area contributed by atoms with Crippen molar-refractivity contribution in [2.45, 2.75) is 19.1 Å². The van der Waals surface area contributed by atoms with Crippen LogP contribution in [0.2, 0.25) is 0 Å². The van der Waals surface area contributed by atoms with E-state index in [1.165, 1.54) is 12.0 Å². The minimum atomic E-state index is -1.64. The molecule has 2 N–H and O–H groups in total. The Kier molecular flexibility index (Phi) is 5.85. The van der Waals surface area contributed by atoms with Crippen LogP contribution in [0.15, 0.2) is 54.9 Å². The van der Waals surface area contributed by atoms with E-state index < -0.39 is 11.6 Å². The molecule has 1 aliphatic rings. The first kappa shape index (κ1) is 23.7. The van der Waals surface area contributed by atoms with Crippen LogP contribution in [-0.2, 0) is 21.7 Å². The summed E-state index contributed by atoms with van der Waals surface area (Å²) < 4.78 is 8.24. The fourth-order valence-electron chi connectivity index (χ4n) is 4.89. The minimum absolute atomic E-state index is 0.0196. The molecule has 1 amide bonds. The highest BCUT2D eigenvalue weighted by molar-refractivity contribution is 6.03. The molecule has 5 rings (SSSR count). The highest BCUT2D eigenvalue weighted by atomic mass is 16.5. The van der Waals surface area contributed by atoms with Gasteiger partial charge < -0.3 is 19.8 Å². The molecule has 1 fully saturated rings. The predicted octanol–water partition coefficient (Wildman–Crippen LogP) is 1.96. The maximum Gasteiger partial charge on any atom is 0.359 e. The third-order valence-corrected chi connectivity index (χ3v) is 6.82. The minimum Gasteiger partial charge on any atom is -0.464 e. The molecule has 186 valence electrons. The number of hydrogen-bond donors (Lipinski definition) is 2. The molecule has 36 heavy (non-hydrogen) atoms. The normalized spacial score (nSPS) is 19.9. The van der Waals surface area contributed by atoms with Crippen LogP contribution in [0, 0.1) is 5.92 Å². The molecular formula is C26H27N5O5. The Balaban J connectivity index is 1.63. The number of fused-ring (bicyclic) bond motifs is 1. The van der Waals surface area contributed by atoms with Gasteiger partial charge in [0.15, 0.2) is 11.3 Å². The number of likely N-dealkylation sites (tertiary alicyclic amines) is 1. The van der Waals surface area contributed by atoms with E-state index in [1.807, 2.05) is 31.3 Å². The molecule has 4 aromatic rings. The van der Waals surface area contributed by atoms with Crippen LogP contribution in [0.4, 0.5) is 0 Å². The van der Waals surface area contributed by atoms with Crippen molar-refractivity contribution in [2.24, 2.45) is 5.92 Å². The Morgan fingerprint density at radius 2 is 2.03 bits per heavy atom. The van der Waals surface area contributed by atoms with E-state index in [0.29, 0.717) is 35.2 Å². The van der Waals surface area contributed by atoms with Gasteiger partial charge in [-0.1, -0.05) is 25.1 Å². The number of esters is 1. The zero-order valence-corrected chi connectivity index (χ0v) is 20.3. The van der Waals surface area contributed by atoms with Crippen molar-refractivity contribution in [1.82, 2.24) is 24.5 Å². The highest BCUT2D eigenvalue weighted by Gasteiger charge is 2.50. The molecule has 1 saturated heterocycles. The van der Waals surface area contributed by atoms with E-state index in [4.69, 9.17) is 9.84 Å². The standard InChI is InChI=1S/C26H27N5O5/c1-16-14-29(2)25(34)26(16,35)19-5-4-6-20(12-19)31-22-8-7-17(18-13-27-30(15-18)9-10-32)11-21(22)23(28-31)24(33)36-3/h4-8,11-13,15-16,32,35H,9-10,14H2,1-3H3/t16?,26-/m1/s1. The number of hydrogen-bond acceptors (Lipinski definition) is 7. The number of amides is 1. The van der Waals surface area contributed by atoms with Gasteiger partial charge in [0.25, 0.3) is 5.91 Å².